The van der Waals surface area contributed by atoms with E-state index in [4.69, 9.17) is 9.47 Å². The van der Waals surface area contributed by atoms with Crippen LogP contribution in [0.3, 0.4) is 0 Å². The van der Waals surface area contributed by atoms with E-state index in [9.17, 15) is 13.2 Å². The molecule has 3 rings (SSSR count). The number of carbonyl (C=O) groups is 1. The van der Waals surface area contributed by atoms with E-state index in [0.717, 1.165) is 0 Å². The lowest BCUT2D eigenvalue weighted by atomic mass is 10.1. The molecule has 1 aliphatic heterocycles. The second-order valence-electron chi connectivity index (χ2n) is 6.37. The Balaban J connectivity index is 1.75. The van der Waals surface area contributed by atoms with Crippen LogP contribution in [0, 0.1) is 6.92 Å². The van der Waals surface area contributed by atoms with E-state index in [1.54, 1.807) is 20.0 Å². The molecule has 0 saturated heterocycles. The summed E-state index contributed by atoms with van der Waals surface area (Å²) in [7, 11) is -0.631. The highest BCUT2D eigenvalue weighted by Crippen LogP contribution is 2.31. The maximum Gasteiger partial charge on any atom is 0.254 e. The minimum absolute atomic E-state index is 0.0542. The number of rotatable bonds is 5. The molecule has 2 aromatic rings. The van der Waals surface area contributed by atoms with Gasteiger partial charge in [0.15, 0.2) is 17.6 Å². The van der Waals surface area contributed by atoms with Gasteiger partial charge in [0.2, 0.25) is 10.0 Å². The molecule has 144 valence electrons. The molecule has 0 aromatic heterocycles. The van der Waals surface area contributed by atoms with Crippen molar-refractivity contribution >= 4 is 15.9 Å². The standard InChI is InChI=1S/C19H22N2O5S/c1-13-8-9-15(27(23,24)20-2)10-16(13)19(22)21(3)11-14-12-25-17-6-4-5-7-18(17)26-14/h4-10,14,20H,11-12H2,1-3H3/t14-/m0/s1. The summed E-state index contributed by atoms with van der Waals surface area (Å²) in [6, 6.07) is 11.9. The second kappa shape index (κ2) is 7.58. The topological polar surface area (TPSA) is 84.9 Å². The SMILES string of the molecule is CNS(=O)(=O)c1ccc(C)c(C(=O)N(C)C[C@H]2COc3ccccc3O2)c1. The molecule has 0 fully saturated rings. The number of benzene rings is 2. The van der Waals surface area contributed by atoms with Gasteiger partial charge in [-0.15, -0.1) is 0 Å². The van der Waals surface area contributed by atoms with Gasteiger partial charge in [-0.25, -0.2) is 13.1 Å². The summed E-state index contributed by atoms with van der Waals surface area (Å²) in [5, 5.41) is 0. The molecule has 8 heteroatoms. The monoisotopic (exact) mass is 390 g/mol. The third-order valence-electron chi connectivity index (χ3n) is 4.41. The van der Waals surface area contributed by atoms with Crippen LogP contribution in [-0.2, 0) is 10.0 Å². The van der Waals surface area contributed by atoms with Crippen LogP contribution in [0.2, 0.25) is 0 Å². The van der Waals surface area contributed by atoms with Crippen molar-refractivity contribution in [2.45, 2.75) is 17.9 Å². The van der Waals surface area contributed by atoms with Gasteiger partial charge in [0.05, 0.1) is 11.4 Å². The number of sulfonamides is 1. The van der Waals surface area contributed by atoms with Crippen LogP contribution in [0.25, 0.3) is 0 Å². The van der Waals surface area contributed by atoms with Crippen LogP contribution >= 0.6 is 0 Å². The zero-order valence-electron chi connectivity index (χ0n) is 15.4. The van der Waals surface area contributed by atoms with Gasteiger partial charge in [-0.1, -0.05) is 18.2 Å². The lowest BCUT2D eigenvalue weighted by Crippen LogP contribution is -2.42. The fourth-order valence-corrected chi connectivity index (χ4v) is 3.62. The van der Waals surface area contributed by atoms with Crippen molar-refractivity contribution in [1.82, 2.24) is 9.62 Å². The molecule has 1 aliphatic rings. The van der Waals surface area contributed by atoms with Gasteiger partial charge in [-0.05, 0) is 43.8 Å². The molecule has 0 bridgehead atoms. The molecule has 7 nitrogen and oxygen atoms in total. The molecule has 0 aliphatic carbocycles. The number of amides is 1. The number of nitrogens with one attached hydrogen (secondary N) is 1. The van der Waals surface area contributed by atoms with Crippen molar-refractivity contribution in [3.63, 3.8) is 0 Å². The first-order valence-electron chi connectivity index (χ1n) is 8.50. The second-order valence-corrected chi connectivity index (χ2v) is 8.25. The van der Waals surface area contributed by atoms with E-state index in [1.165, 1.54) is 24.1 Å². The molecular weight excluding hydrogens is 368 g/mol. The average Bonchev–Trinajstić information content (AvgIpc) is 2.67. The lowest BCUT2D eigenvalue weighted by Gasteiger charge is -2.29. The van der Waals surface area contributed by atoms with Crippen LogP contribution in [0.15, 0.2) is 47.4 Å². The van der Waals surface area contributed by atoms with Gasteiger partial charge in [-0.3, -0.25) is 4.79 Å². The minimum Gasteiger partial charge on any atom is -0.486 e. The Labute approximate surface area is 158 Å². The third-order valence-corrected chi connectivity index (χ3v) is 5.82. The summed E-state index contributed by atoms with van der Waals surface area (Å²) in [6.45, 7) is 2.42. The summed E-state index contributed by atoms with van der Waals surface area (Å²) >= 11 is 0. The molecule has 0 unspecified atom stereocenters. The van der Waals surface area contributed by atoms with Crippen molar-refractivity contribution in [3.05, 3.63) is 53.6 Å². The third kappa shape index (κ3) is 4.06. The van der Waals surface area contributed by atoms with E-state index in [0.29, 0.717) is 35.8 Å². The Hall–Kier alpha value is -2.58. The van der Waals surface area contributed by atoms with Crippen molar-refractivity contribution < 1.29 is 22.7 Å². The van der Waals surface area contributed by atoms with Gasteiger partial charge >= 0.3 is 0 Å². The fourth-order valence-electron chi connectivity index (χ4n) is 2.86. The summed E-state index contributed by atoms with van der Waals surface area (Å²) < 4.78 is 37.9. The normalized spacial score (nSPS) is 16.0. The highest BCUT2D eigenvalue weighted by molar-refractivity contribution is 7.89. The number of hydrogen-bond acceptors (Lipinski definition) is 5. The van der Waals surface area contributed by atoms with Gasteiger partial charge < -0.3 is 14.4 Å². The number of hydrogen-bond donors (Lipinski definition) is 1. The number of aryl methyl sites for hydroxylation is 1. The smallest absolute Gasteiger partial charge is 0.254 e. The first kappa shape index (κ1) is 19.2. The Kier molecular flexibility index (Phi) is 5.38. The summed E-state index contributed by atoms with van der Waals surface area (Å²) in [6.07, 6.45) is -0.307. The number of likely N-dealkylation sites (N-methyl/N-ethyl adjacent to an activating group) is 1. The average molecular weight is 390 g/mol. The maximum atomic E-state index is 12.9. The fraction of sp³-hybridized carbons (Fsp3) is 0.316. The Morgan fingerprint density at radius 3 is 2.63 bits per heavy atom. The van der Waals surface area contributed by atoms with Crippen molar-refractivity contribution in [1.29, 1.82) is 0 Å². The van der Waals surface area contributed by atoms with Crippen LogP contribution < -0.4 is 14.2 Å². The maximum absolute atomic E-state index is 12.9. The quantitative estimate of drug-likeness (QED) is 0.842. The first-order valence-corrected chi connectivity index (χ1v) is 9.98. The predicted octanol–water partition coefficient (Wildman–Crippen LogP) is 1.82. The van der Waals surface area contributed by atoms with Crippen LogP contribution in [-0.4, -0.2) is 52.6 Å². The molecule has 1 atom stereocenters. The van der Waals surface area contributed by atoms with Crippen LogP contribution in [0.4, 0.5) is 0 Å². The van der Waals surface area contributed by atoms with E-state index in [-0.39, 0.29) is 16.9 Å². The molecule has 1 N–H and O–H groups in total. The van der Waals surface area contributed by atoms with Gasteiger partial charge in [0.1, 0.15) is 6.61 Å². The van der Waals surface area contributed by atoms with Gasteiger partial charge in [-0.2, -0.15) is 0 Å². The molecule has 0 radical (unpaired) electrons. The Morgan fingerprint density at radius 1 is 1.22 bits per heavy atom. The van der Waals surface area contributed by atoms with Crippen molar-refractivity contribution in [2.75, 3.05) is 27.2 Å². The summed E-state index contributed by atoms with van der Waals surface area (Å²) in [5.74, 6) is 1.06. The predicted molar refractivity (Wildman–Crippen MR) is 101 cm³/mol. The first-order chi connectivity index (χ1) is 12.8. The van der Waals surface area contributed by atoms with Crippen LogP contribution in [0.5, 0.6) is 11.5 Å². The van der Waals surface area contributed by atoms with E-state index >= 15 is 0 Å². The number of nitrogens with zero attached hydrogens (tertiary/aromatic N) is 1. The highest BCUT2D eigenvalue weighted by atomic mass is 32.2. The van der Waals surface area contributed by atoms with Crippen LogP contribution in [0.1, 0.15) is 15.9 Å². The number of ether oxygens (including phenoxy) is 2. The summed E-state index contributed by atoms with van der Waals surface area (Å²) in [4.78, 5) is 14.4. The number of para-hydroxylation sites is 2. The molecule has 0 spiro atoms. The lowest BCUT2D eigenvalue weighted by molar-refractivity contribution is 0.0520. The number of fused-ring (bicyclic) bond motifs is 1. The molecule has 0 saturated carbocycles. The Bertz CT molecular complexity index is 958. The Morgan fingerprint density at radius 2 is 1.93 bits per heavy atom. The van der Waals surface area contributed by atoms with E-state index in [1.807, 2.05) is 24.3 Å². The summed E-state index contributed by atoms with van der Waals surface area (Å²) in [5.41, 5.74) is 1.04. The molecule has 27 heavy (non-hydrogen) atoms. The van der Waals surface area contributed by atoms with Gasteiger partial charge in [0, 0.05) is 12.6 Å². The van der Waals surface area contributed by atoms with Gasteiger partial charge in [0.25, 0.3) is 5.91 Å². The zero-order chi connectivity index (χ0) is 19.6. The van der Waals surface area contributed by atoms with E-state index < -0.39 is 10.0 Å². The number of carbonyl (C=O) groups excluding carboxylic acids is 1. The largest absolute Gasteiger partial charge is 0.486 e. The van der Waals surface area contributed by atoms with Crippen molar-refractivity contribution in [3.8, 4) is 11.5 Å². The van der Waals surface area contributed by atoms with E-state index in [2.05, 4.69) is 4.72 Å². The molecule has 1 amide bonds. The zero-order valence-corrected chi connectivity index (χ0v) is 16.2. The highest BCUT2D eigenvalue weighted by Gasteiger charge is 2.25. The van der Waals surface area contributed by atoms with Crippen molar-refractivity contribution in [2.24, 2.45) is 0 Å². The molecule has 2 aromatic carbocycles. The molecule has 1 heterocycles. The molecular formula is C19H22N2O5S. The minimum atomic E-state index is -3.62.